The number of benzene rings is 2. The predicted octanol–water partition coefficient (Wildman–Crippen LogP) is 6.94. The van der Waals surface area contributed by atoms with Crippen LogP contribution in [0.2, 0.25) is 15.1 Å². The molecule has 2 rings (SSSR count). The van der Waals surface area contributed by atoms with Gasteiger partial charge in [-0.25, -0.2) is 0 Å². The maximum absolute atomic E-state index is 13.1. The molecule has 2 aromatic carbocycles. The molecule has 0 nitrogen and oxygen atoms in total. The van der Waals surface area contributed by atoms with E-state index in [1.165, 1.54) is 18.2 Å². The third kappa shape index (κ3) is 3.35. The van der Waals surface area contributed by atoms with Gasteiger partial charge in [-0.3, -0.25) is 0 Å². The van der Waals surface area contributed by atoms with E-state index in [4.69, 9.17) is 34.8 Å². The van der Waals surface area contributed by atoms with E-state index in [1.54, 1.807) is 6.07 Å². The quantitative estimate of drug-likeness (QED) is 0.326. The second-order valence-corrected chi connectivity index (χ2v) is 6.40. The lowest BCUT2D eigenvalue weighted by Gasteiger charge is -2.15. The molecule has 0 fully saturated rings. The van der Waals surface area contributed by atoms with Crippen molar-refractivity contribution in [3.05, 3.63) is 54.5 Å². The number of hydrogen-bond acceptors (Lipinski definition) is 0. The summed E-state index contributed by atoms with van der Waals surface area (Å²) in [4.78, 5) is 0. The molecule has 7 heteroatoms. The van der Waals surface area contributed by atoms with Crippen LogP contribution in [0.1, 0.15) is 5.56 Å². The van der Waals surface area contributed by atoms with Gasteiger partial charge in [-0.1, -0.05) is 40.9 Å². The van der Waals surface area contributed by atoms with Crippen molar-refractivity contribution in [1.29, 1.82) is 0 Å². The van der Waals surface area contributed by atoms with E-state index < -0.39 is 11.7 Å². The van der Waals surface area contributed by atoms with Crippen LogP contribution in [0.15, 0.2) is 30.3 Å². The summed E-state index contributed by atoms with van der Waals surface area (Å²) < 4.78 is 39.9. The Hall–Kier alpha value is -0.170. The van der Waals surface area contributed by atoms with E-state index in [0.29, 0.717) is 3.57 Å². The molecule has 20 heavy (non-hydrogen) atoms. The Balaban J connectivity index is 2.77. The monoisotopic (exact) mass is 450 g/mol. The lowest BCUT2D eigenvalue weighted by Crippen LogP contribution is -2.07. The van der Waals surface area contributed by atoms with Crippen LogP contribution in [0.5, 0.6) is 0 Å². The normalized spacial score (nSPS) is 11.8. The van der Waals surface area contributed by atoms with Crippen molar-refractivity contribution in [2.24, 2.45) is 0 Å². The smallest absolute Gasteiger partial charge is 0.166 e. The van der Waals surface area contributed by atoms with E-state index in [2.05, 4.69) is 0 Å². The first-order chi connectivity index (χ1) is 9.20. The highest BCUT2D eigenvalue weighted by Gasteiger charge is 2.34. The van der Waals surface area contributed by atoms with E-state index in [0.717, 1.165) is 6.07 Å². The molecule has 0 aliphatic carbocycles. The molecule has 0 heterocycles. The molecule has 0 radical (unpaired) electrons. The topological polar surface area (TPSA) is 0 Å². The average Bonchev–Trinajstić information content (AvgIpc) is 2.33. The maximum Gasteiger partial charge on any atom is 0.417 e. The van der Waals surface area contributed by atoms with Gasteiger partial charge < -0.3 is 0 Å². The first-order valence-corrected chi connectivity index (χ1v) is 7.43. The zero-order valence-electron chi connectivity index (χ0n) is 9.53. The number of rotatable bonds is 1. The molecule has 0 aliphatic heterocycles. The van der Waals surface area contributed by atoms with E-state index in [-0.39, 0.29) is 26.2 Å². The van der Waals surface area contributed by atoms with Gasteiger partial charge in [0.2, 0.25) is 0 Å². The Morgan fingerprint density at radius 1 is 0.900 bits per heavy atom. The van der Waals surface area contributed by atoms with Gasteiger partial charge in [-0.15, -0.1) is 0 Å². The molecule has 0 aliphatic rings. The van der Waals surface area contributed by atoms with Gasteiger partial charge in [0.1, 0.15) is 0 Å². The van der Waals surface area contributed by atoms with E-state index >= 15 is 0 Å². The summed E-state index contributed by atoms with van der Waals surface area (Å²) in [5, 5.41) is 0.379. The molecule has 106 valence electrons. The summed E-state index contributed by atoms with van der Waals surface area (Å²) in [5.41, 5.74) is -0.662. The minimum absolute atomic E-state index is 0.0442. The number of halogens is 7. The molecule has 0 spiro atoms. The second kappa shape index (κ2) is 5.91. The fourth-order valence-electron chi connectivity index (χ4n) is 1.74. The van der Waals surface area contributed by atoms with Gasteiger partial charge in [0.25, 0.3) is 0 Å². The second-order valence-electron chi connectivity index (χ2n) is 3.94. The van der Waals surface area contributed by atoms with Crippen molar-refractivity contribution in [3.8, 4) is 11.1 Å². The molecule has 0 amide bonds. The van der Waals surface area contributed by atoms with Gasteiger partial charge >= 0.3 is 6.18 Å². The van der Waals surface area contributed by atoms with Crippen LogP contribution in [-0.2, 0) is 6.18 Å². The van der Waals surface area contributed by atoms with Crippen LogP contribution >= 0.6 is 57.4 Å². The Bertz CT molecular complexity index is 669. The Kier molecular flexibility index (Phi) is 4.79. The molecule has 2 aromatic rings. The Morgan fingerprint density at radius 3 is 2.15 bits per heavy atom. The SMILES string of the molecule is FC(F)(F)c1cc(I)ccc1-c1cc(Cl)cc(Cl)c1Cl. The molecule has 0 N–H and O–H groups in total. The summed E-state index contributed by atoms with van der Waals surface area (Å²) in [6.45, 7) is 0. The van der Waals surface area contributed by atoms with E-state index in [9.17, 15) is 13.2 Å². The third-order valence-corrected chi connectivity index (χ3v) is 4.26. The minimum Gasteiger partial charge on any atom is -0.166 e. The summed E-state index contributed by atoms with van der Waals surface area (Å²) >= 11 is 19.5. The van der Waals surface area contributed by atoms with Gasteiger partial charge in [0.15, 0.2) is 0 Å². The van der Waals surface area contributed by atoms with Gasteiger partial charge in [-0.2, -0.15) is 13.2 Å². The predicted molar refractivity (Wildman–Crippen MR) is 84.6 cm³/mol. The van der Waals surface area contributed by atoms with Crippen molar-refractivity contribution < 1.29 is 13.2 Å². The number of hydrogen-bond donors (Lipinski definition) is 0. The van der Waals surface area contributed by atoms with Crippen LogP contribution < -0.4 is 0 Å². The lowest BCUT2D eigenvalue weighted by atomic mass is 9.99. The highest BCUT2D eigenvalue weighted by molar-refractivity contribution is 14.1. The molecule has 0 aromatic heterocycles. The molecule has 0 unspecified atom stereocenters. The lowest BCUT2D eigenvalue weighted by molar-refractivity contribution is -0.137. The van der Waals surface area contributed by atoms with Crippen LogP contribution in [0.4, 0.5) is 13.2 Å². The van der Waals surface area contributed by atoms with Crippen molar-refractivity contribution in [3.63, 3.8) is 0 Å². The van der Waals surface area contributed by atoms with Crippen molar-refractivity contribution in [2.45, 2.75) is 6.18 Å². The molecule has 0 atom stereocenters. The average molecular weight is 451 g/mol. The summed E-state index contributed by atoms with van der Waals surface area (Å²) in [5.74, 6) is 0. The molecule has 0 bridgehead atoms. The summed E-state index contributed by atoms with van der Waals surface area (Å²) in [6, 6.07) is 6.73. The van der Waals surface area contributed by atoms with Crippen molar-refractivity contribution >= 4 is 57.4 Å². The van der Waals surface area contributed by atoms with Gasteiger partial charge in [0.05, 0.1) is 15.6 Å². The molecular formula is C13H5Cl3F3I. The van der Waals surface area contributed by atoms with Crippen LogP contribution in [0, 0.1) is 3.57 Å². The highest BCUT2D eigenvalue weighted by atomic mass is 127. The van der Waals surface area contributed by atoms with Crippen molar-refractivity contribution in [1.82, 2.24) is 0 Å². The Labute approximate surface area is 142 Å². The van der Waals surface area contributed by atoms with E-state index in [1.807, 2.05) is 22.6 Å². The van der Waals surface area contributed by atoms with Gasteiger partial charge in [0, 0.05) is 14.2 Å². The summed E-state index contributed by atoms with van der Waals surface area (Å²) in [6.07, 6.45) is -4.49. The Morgan fingerprint density at radius 2 is 1.55 bits per heavy atom. The largest absolute Gasteiger partial charge is 0.417 e. The fraction of sp³-hybridized carbons (Fsp3) is 0.0769. The standard InChI is InChI=1S/C13H5Cl3F3I/c14-6-3-9(12(16)11(15)4-6)8-2-1-7(20)5-10(8)13(17,18)19/h1-5H. The zero-order valence-corrected chi connectivity index (χ0v) is 14.0. The van der Waals surface area contributed by atoms with Gasteiger partial charge in [-0.05, 0) is 52.4 Å². The number of alkyl halides is 3. The van der Waals surface area contributed by atoms with Crippen LogP contribution in [0.25, 0.3) is 11.1 Å². The first-order valence-electron chi connectivity index (χ1n) is 5.22. The molecule has 0 saturated carbocycles. The van der Waals surface area contributed by atoms with Crippen LogP contribution in [-0.4, -0.2) is 0 Å². The highest BCUT2D eigenvalue weighted by Crippen LogP contribution is 2.43. The maximum atomic E-state index is 13.1. The molecule has 0 saturated heterocycles. The van der Waals surface area contributed by atoms with Crippen molar-refractivity contribution in [2.75, 3.05) is 0 Å². The molecular weight excluding hydrogens is 446 g/mol. The summed E-state index contributed by atoms with van der Waals surface area (Å²) in [7, 11) is 0. The fourth-order valence-corrected chi connectivity index (χ4v) is 2.93. The third-order valence-electron chi connectivity index (χ3n) is 2.57. The first kappa shape index (κ1) is 16.2. The minimum atomic E-state index is -4.49. The van der Waals surface area contributed by atoms with Crippen LogP contribution in [0.3, 0.4) is 0 Å². The zero-order chi connectivity index (χ0) is 15.1.